The quantitative estimate of drug-likeness (QED) is 0.573. The van der Waals surface area contributed by atoms with Crippen LogP contribution in [-0.2, 0) is 16.0 Å². The average Bonchev–Trinajstić information content (AvgIpc) is 2.78. The SMILES string of the molecule is CN1C(=O)[C@@H](Cc2cccc(C(N)=O)c2)O[C@H](c2ccc(Cl)cc2)[C@@H]1c1ccc(Cl)cc1. The second-order valence-electron chi connectivity index (χ2n) is 7.81. The maximum Gasteiger partial charge on any atom is 0.252 e. The van der Waals surface area contributed by atoms with Crippen molar-refractivity contribution in [2.75, 3.05) is 7.05 Å². The Balaban J connectivity index is 1.69. The molecule has 2 N–H and O–H groups in total. The van der Waals surface area contributed by atoms with Crippen molar-refractivity contribution >= 4 is 35.0 Å². The molecule has 32 heavy (non-hydrogen) atoms. The molecule has 0 aromatic heterocycles. The molecule has 1 heterocycles. The molecule has 1 fully saturated rings. The Hall–Kier alpha value is -2.86. The zero-order chi connectivity index (χ0) is 22.8. The highest BCUT2D eigenvalue weighted by molar-refractivity contribution is 6.30. The second-order valence-corrected chi connectivity index (χ2v) is 8.68. The van der Waals surface area contributed by atoms with Gasteiger partial charge < -0.3 is 15.4 Å². The summed E-state index contributed by atoms with van der Waals surface area (Å²) in [7, 11) is 1.78. The lowest BCUT2D eigenvalue weighted by Crippen LogP contribution is -2.49. The number of nitrogens with two attached hydrogens (primary N) is 1. The summed E-state index contributed by atoms with van der Waals surface area (Å²) in [6, 6.07) is 21.4. The molecule has 1 aliphatic heterocycles. The van der Waals surface area contributed by atoms with E-state index in [9.17, 15) is 9.59 Å². The zero-order valence-corrected chi connectivity index (χ0v) is 18.9. The molecule has 164 valence electrons. The number of primary amides is 1. The van der Waals surface area contributed by atoms with Crippen molar-refractivity contribution in [2.24, 2.45) is 5.73 Å². The third kappa shape index (κ3) is 4.65. The molecule has 2 amide bonds. The molecule has 0 spiro atoms. The number of amides is 2. The second kappa shape index (κ2) is 9.33. The molecule has 3 aromatic carbocycles. The van der Waals surface area contributed by atoms with Crippen LogP contribution in [0.1, 0.15) is 39.2 Å². The topological polar surface area (TPSA) is 72.6 Å². The Bertz CT molecular complexity index is 1130. The van der Waals surface area contributed by atoms with Crippen LogP contribution in [0.25, 0.3) is 0 Å². The molecule has 1 saturated heterocycles. The Labute approximate surface area is 196 Å². The maximum absolute atomic E-state index is 13.3. The summed E-state index contributed by atoms with van der Waals surface area (Å²) < 4.78 is 6.41. The van der Waals surface area contributed by atoms with Crippen molar-refractivity contribution in [3.8, 4) is 0 Å². The first-order valence-corrected chi connectivity index (χ1v) is 10.9. The number of ether oxygens (including phenoxy) is 1. The van der Waals surface area contributed by atoms with Crippen LogP contribution in [0.15, 0.2) is 72.8 Å². The highest BCUT2D eigenvalue weighted by Gasteiger charge is 2.42. The molecule has 5 nitrogen and oxygen atoms in total. The van der Waals surface area contributed by atoms with E-state index in [0.29, 0.717) is 22.0 Å². The number of halogens is 2. The Morgan fingerprint density at radius 3 is 2.16 bits per heavy atom. The minimum absolute atomic E-state index is 0.139. The average molecular weight is 469 g/mol. The van der Waals surface area contributed by atoms with E-state index < -0.39 is 18.1 Å². The highest BCUT2D eigenvalue weighted by atomic mass is 35.5. The molecular formula is C25H22Cl2N2O3. The lowest BCUT2D eigenvalue weighted by atomic mass is 9.91. The van der Waals surface area contributed by atoms with E-state index in [0.717, 1.165) is 16.7 Å². The molecule has 3 aromatic rings. The lowest BCUT2D eigenvalue weighted by Gasteiger charge is -2.43. The van der Waals surface area contributed by atoms with Crippen molar-refractivity contribution in [3.63, 3.8) is 0 Å². The summed E-state index contributed by atoms with van der Waals surface area (Å²) >= 11 is 12.2. The predicted molar refractivity (Wildman–Crippen MR) is 125 cm³/mol. The van der Waals surface area contributed by atoms with Gasteiger partial charge in [0.25, 0.3) is 5.91 Å². The van der Waals surface area contributed by atoms with E-state index in [1.165, 1.54) is 0 Å². The maximum atomic E-state index is 13.3. The van der Waals surface area contributed by atoms with Crippen LogP contribution in [0.4, 0.5) is 0 Å². The molecule has 1 aliphatic rings. The van der Waals surface area contributed by atoms with Gasteiger partial charge in [0.2, 0.25) is 5.91 Å². The van der Waals surface area contributed by atoms with Crippen LogP contribution in [-0.4, -0.2) is 29.9 Å². The monoisotopic (exact) mass is 468 g/mol. The lowest BCUT2D eigenvalue weighted by molar-refractivity contribution is -0.171. The van der Waals surface area contributed by atoms with E-state index in [2.05, 4.69) is 0 Å². The number of rotatable bonds is 5. The van der Waals surface area contributed by atoms with Crippen molar-refractivity contribution in [1.82, 2.24) is 4.90 Å². The largest absolute Gasteiger partial charge is 0.366 e. The van der Waals surface area contributed by atoms with Gasteiger partial charge in [-0.3, -0.25) is 9.59 Å². The van der Waals surface area contributed by atoms with Crippen LogP contribution >= 0.6 is 23.2 Å². The first-order chi connectivity index (χ1) is 15.3. The number of nitrogens with zero attached hydrogens (tertiary/aromatic N) is 1. The van der Waals surface area contributed by atoms with Crippen molar-refractivity contribution in [1.29, 1.82) is 0 Å². The highest BCUT2D eigenvalue weighted by Crippen LogP contribution is 2.42. The summed E-state index contributed by atoms with van der Waals surface area (Å²) in [6.45, 7) is 0. The standard InChI is InChI=1S/C25H22Cl2N2O3/c1-29-22(16-5-9-19(26)10-6-16)23(17-7-11-20(27)12-8-17)32-21(25(29)31)14-15-3-2-4-18(13-15)24(28)30/h2-13,21-23H,14H2,1H3,(H2,28,30)/t21-,22+,23-/m1/s1. The van der Waals surface area contributed by atoms with Crippen molar-refractivity contribution < 1.29 is 14.3 Å². The number of benzene rings is 3. The third-order valence-corrected chi connectivity index (χ3v) is 6.18. The van der Waals surface area contributed by atoms with Gasteiger partial charge in [0.1, 0.15) is 12.2 Å². The van der Waals surface area contributed by atoms with E-state index in [-0.39, 0.29) is 11.9 Å². The molecule has 0 bridgehead atoms. The number of carbonyl (C=O) groups is 2. The molecule has 3 atom stereocenters. The molecule has 0 saturated carbocycles. The van der Waals surface area contributed by atoms with Gasteiger partial charge in [-0.1, -0.05) is 59.6 Å². The fourth-order valence-electron chi connectivity index (χ4n) is 4.05. The Morgan fingerprint density at radius 2 is 1.56 bits per heavy atom. The molecule has 0 aliphatic carbocycles. The summed E-state index contributed by atoms with van der Waals surface area (Å²) in [6.07, 6.45) is -0.810. The fourth-order valence-corrected chi connectivity index (χ4v) is 4.30. The minimum atomic E-state index is -0.715. The van der Waals surface area contributed by atoms with Gasteiger partial charge in [-0.05, 0) is 53.1 Å². The molecule has 4 rings (SSSR count). The van der Waals surface area contributed by atoms with Crippen LogP contribution < -0.4 is 5.73 Å². The molecule has 0 unspecified atom stereocenters. The summed E-state index contributed by atoms with van der Waals surface area (Å²) in [5.74, 6) is -0.652. The third-order valence-electron chi connectivity index (χ3n) is 5.68. The van der Waals surface area contributed by atoms with Crippen LogP contribution in [0.5, 0.6) is 0 Å². The van der Waals surface area contributed by atoms with Gasteiger partial charge in [-0.15, -0.1) is 0 Å². The Morgan fingerprint density at radius 1 is 0.969 bits per heavy atom. The van der Waals surface area contributed by atoms with E-state index in [1.54, 1.807) is 54.4 Å². The van der Waals surface area contributed by atoms with E-state index >= 15 is 0 Å². The fraction of sp³-hybridized carbons (Fsp3) is 0.200. The van der Waals surface area contributed by atoms with E-state index in [4.69, 9.17) is 33.7 Å². The minimum Gasteiger partial charge on any atom is -0.366 e. The van der Waals surface area contributed by atoms with Crippen LogP contribution in [0.3, 0.4) is 0 Å². The van der Waals surface area contributed by atoms with Gasteiger partial charge in [0.15, 0.2) is 0 Å². The van der Waals surface area contributed by atoms with Gasteiger partial charge in [-0.2, -0.15) is 0 Å². The van der Waals surface area contributed by atoms with Crippen LogP contribution in [0.2, 0.25) is 10.0 Å². The first-order valence-electron chi connectivity index (χ1n) is 10.2. The number of likely N-dealkylation sites (N-methyl/N-ethyl adjacent to an activating group) is 1. The normalized spacial score (nSPS) is 20.9. The number of hydrogen-bond donors (Lipinski definition) is 1. The summed E-state index contributed by atoms with van der Waals surface area (Å²) in [4.78, 5) is 26.6. The Kier molecular flexibility index (Phi) is 6.51. The van der Waals surface area contributed by atoms with Crippen molar-refractivity contribution in [3.05, 3.63) is 105 Å². The van der Waals surface area contributed by atoms with Gasteiger partial charge in [0, 0.05) is 29.1 Å². The molecule has 7 heteroatoms. The van der Waals surface area contributed by atoms with Crippen LogP contribution in [0, 0.1) is 0 Å². The first kappa shape index (κ1) is 22.3. The smallest absolute Gasteiger partial charge is 0.252 e. The number of morpholine rings is 1. The number of carbonyl (C=O) groups excluding carboxylic acids is 2. The molecular weight excluding hydrogens is 447 g/mol. The summed E-state index contributed by atoms with van der Waals surface area (Å²) in [5, 5.41) is 1.24. The van der Waals surface area contributed by atoms with Gasteiger partial charge in [-0.25, -0.2) is 0 Å². The van der Waals surface area contributed by atoms with E-state index in [1.807, 2.05) is 30.3 Å². The van der Waals surface area contributed by atoms with Gasteiger partial charge >= 0.3 is 0 Å². The van der Waals surface area contributed by atoms with Gasteiger partial charge in [0.05, 0.1) is 6.04 Å². The zero-order valence-electron chi connectivity index (χ0n) is 17.4. The molecule has 0 radical (unpaired) electrons. The van der Waals surface area contributed by atoms with Crippen molar-refractivity contribution in [2.45, 2.75) is 24.7 Å². The summed E-state index contributed by atoms with van der Waals surface area (Å²) in [5.41, 5.74) is 8.42. The number of hydrogen-bond acceptors (Lipinski definition) is 3. The predicted octanol–water partition coefficient (Wildman–Crippen LogP) is 4.97.